The molecule has 0 spiro atoms. The smallest absolute Gasteiger partial charge is 0.300 e. The van der Waals surface area contributed by atoms with Crippen LogP contribution in [-0.2, 0) is 0 Å². The number of nitrogens with zero attached hydrogens (tertiary/aromatic N) is 3. The van der Waals surface area contributed by atoms with Crippen molar-refractivity contribution >= 4 is 11.3 Å². The molecule has 2 aromatic heterocycles. The molecule has 0 fully saturated rings. The average Bonchev–Trinajstić information content (AvgIpc) is 2.49. The van der Waals surface area contributed by atoms with Gasteiger partial charge >= 0.3 is 5.69 Å². The zero-order chi connectivity index (χ0) is 9.42. The summed E-state index contributed by atoms with van der Waals surface area (Å²) in [5, 5.41) is 10.6. The monoisotopic (exact) mass is 176 g/mol. The van der Waals surface area contributed by atoms with Gasteiger partial charge in [0.2, 0.25) is 5.65 Å². The lowest BCUT2D eigenvalue weighted by atomic mass is 10.3. The molecule has 0 aliphatic heterocycles. The van der Waals surface area contributed by atoms with E-state index in [-0.39, 0.29) is 5.69 Å². The molecule has 0 saturated carbocycles. The molecular formula is C8H6N3O2. The van der Waals surface area contributed by atoms with Crippen LogP contribution < -0.4 is 0 Å². The van der Waals surface area contributed by atoms with E-state index < -0.39 is 4.92 Å². The Labute approximate surface area is 73.8 Å². The van der Waals surface area contributed by atoms with Crippen LogP contribution in [-0.4, -0.2) is 14.3 Å². The second kappa shape index (κ2) is 2.55. The third-order valence-electron chi connectivity index (χ3n) is 1.74. The molecule has 5 nitrogen and oxygen atoms in total. The molecule has 0 N–H and O–H groups in total. The Morgan fingerprint density at radius 1 is 1.69 bits per heavy atom. The van der Waals surface area contributed by atoms with E-state index in [1.165, 1.54) is 6.07 Å². The SMILES string of the molecule is Cc1cc([N+](=O)[O-])c2n[c]cn2c1. The van der Waals surface area contributed by atoms with Gasteiger partial charge in [0.05, 0.1) is 4.92 Å². The van der Waals surface area contributed by atoms with Gasteiger partial charge in [0.15, 0.2) is 0 Å². The molecule has 1 radical (unpaired) electrons. The van der Waals surface area contributed by atoms with E-state index in [0.29, 0.717) is 5.65 Å². The predicted octanol–water partition coefficient (Wildman–Crippen LogP) is 1.35. The molecule has 65 valence electrons. The topological polar surface area (TPSA) is 60.4 Å². The van der Waals surface area contributed by atoms with Gasteiger partial charge < -0.3 is 4.40 Å². The van der Waals surface area contributed by atoms with Gasteiger partial charge in [-0.1, -0.05) is 0 Å². The number of fused-ring (bicyclic) bond motifs is 1. The van der Waals surface area contributed by atoms with Crippen molar-refractivity contribution in [2.45, 2.75) is 6.92 Å². The summed E-state index contributed by atoms with van der Waals surface area (Å²) in [5.74, 6) is 0. The van der Waals surface area contributed by atoms with E-state index >= 15 is 0 Å². The Morgan fingerprint density at radius 3 is 3.15 bits per heavy atom. The van der Waals surface area contributed by atoms with Crippen molar-refractivity contribution in [1.29, 1.82) is 0 Å². The van der Waals surface area contributed by atoms with E-state index in [2.05, 4.69) is 11.2 Å². The molecule has 0 aliphatic rings. The van der Waals surface area contributed by atoms with Crippen molar-refractivity contribution in [3.05, 3.63) is 40.3 Å². The zero-order valence-corrected chi connectivity index (χ0v) is 6.89. The van der Waals surface area contributed by atoms with Crippen LogP contribution in [0, 0.1) is 23.2 Å². The fourth-order valence-electron chi connectivity index (χ4n) is 1.23. The maximum atomic E-state index is 10.6. The van der Waals surface area contributed by atoms with E-state index in [1.807, 2.05) is 0 Å². The molecular weight excluding hydrogens is 170 g/mol. The summed E-state index contributed by atoms with van der Waals surface area (Å²) in [4.78, 5) is 13.9. The lowest BCUT2D eigenvalue weighted by molar-refractivity contribution is -0.383. The number of aromatic nitrogens is 2. The Kier molecular flexibility index (Phi) is 1.51. The van der Waals surface area contributed by atoms with Crippen molar-refractivity contribution in [2.24, 2.45) is 0 Å². The molecule has 0 saturated heterocycles. The van der Waals surface area contributed by atoms with E-state index in [1.54, 1.807) is 23.7 Å². The highest BCUT2D eigenvalue weighted by atomic mass is 16.6. The first kappa shape index (κ1) is 7.72. The summed E-state index contributed by atoms with van der Waals surface area (Å²) in [6, 6.07) is 1.50. The van der Waals surface area contributed by atoms with Crippen molar-refractivity contribution in [1.82, 2.24) is 9.38 Å². The predicted molar refractivity (Wildman–Crippen MR) is 45.4 cm³/mol. The minimum Gasteiger partial charge on any atom is -0.300 e. The molecule has 0 amide bonds. The first-order valence-corrected chi connectivity index (χ1v) is 3.68. The molecule has 0 bridgehead atoms. The summed E-state index contributed by atoms with van der Waals surface area (Å²) in [6.07, 6.45) is 5.90. The highest BCUT2D eigenvalue weighted by Gasteiger charge is 2.13. The molecule has 2 heterocycles. The lowest BCUT2D eigenvalue weighted by Gasteiger charge is -1.97. The van der Waals surface area contributed by atoms with Crippen LogP contribution in [0.5, 0.6) is 0 Å². The Balaban J connectivity index is 2.84. The van der Waals surface area contributed by atoms with Crippen LogP contribution in [0.25, 0.3) is 5.65 Å². The molecule has 5 heteroatoms. The molecule has 0 atom stereocenters. The highest BCUT2D eigenvalue weighted by molar-refractivity contribution is 5.59. The van der Waals surface area contributed by atoms with E-state index in [0.717, 1.165) is 5.56 Å². The van der Waals surface area contributed by atoms with Gasteiger partial charge in [0.1, 0.15) is 6.20 Å². The maximum absolute atomic E-state index is 10.6. The van der Waals surface area contributed by atoms with Gasteiger partial charge in [-0.05, 0) is 12.5 Å². The summed E-state index contributed by atoms with van der Waals surface area (Å²) >= 11 is 0. The number of nitro groups is 1. The van der Waals surface area contributed by atoms with E-state index in [9.17, 15) is 10.1 Å². The summed E-state index contributed by atoms with van der Waals surface area (Å²) in [5.41, 5.74) is 1.17. The largest absolute Gasteiger partial charge is 0.312 e. The second-order valence-electron chi connectivity index (χ2n) is 2.76. The summed E-state index contributed by atoms with van der Waals surface area (Å²) < 4.78 is 1.59. The number of aryl methyl sites for hydroxylation is 1. The first-order valence-electron chi connectivity index (χ1n) is 3.68. The van der Waals surface area contributed by atoms with Crippen molar-refractivity contribution in [3.63, 3.8) is 0 Å². The lowest BCUT2D eigenvalue weighted by Crippen LogP contribution is -1.94. The Bertz CT molecular complexity index is 475. The minimum atomic E-state index is -0.441. The molecule has 2 rings (SSSR count). The summed E-state index contributed by atoms with van der Waals surface area (Å²) in [6.45, 7) is 1.80. The molecule has 0 unspecified atom stereocenters. The van der Waals surface area contributed by atoms with Crippen LogP contribution in [0.15, 0.2) is 18.5 Å². The number of hydrogen-bond acceptors (Lipinski definition) is 3. The average molecular weight is 176 g/mol. The van der Waals surface area contributed by atoms with Crippen molar-refractivity contribution in [3.8, 4) is 0 Å². The zero-order valence-electron chi connectivity index (χ0n) is 6.89. The minimum absolute atomic E-state index is 0.0150. The van der Waals surface area contributed by atoms with Crippen molar-refractivity contribution < 1.29 is 4.92 Å². The fraction of sp³-hybridized carbons (Fsp3) is 0.125. The normalized spacial score (nSPS) is 10.5. The number of imidazole rings is 1. The van der Waals surface area contributed by atoms with Crippen LogP contribution in [0.1, 0.15) is 5.56 Å². The first-order chi connectivity index (χ1) is 6.18. The summed E-state index contributed by atoms with van der Waals surface area (Å²) in [7, 11) is 0. The van der Waals surface area contributed by atoms with E-state index in [4.69, 9.17) is 0 Å². The van der Waals surface area contributed by atoms with Crippen LogP contribution >= 0.6 is 0 Å². The molecule has 0 aliphatic carbocycles. The van der Waals surface area contributed by atoms with Crippen LogP contribution in [0.2, 0.25) is 0 Å². The number of hydrogen-bond donors (Lipinski definition) is 0. The quantitative estimate of drug-likeness (QED) is 0.486. The second-order valence-corrected chi connectivity index (χ2v) is 2.76. The van der Waals surface area contributed by atoms with Gasteiger partial charge in [-0.2, -0.15) is 0 Å². The van der Waals surface area contributed by atoms with Crippen molar-refractivity contribution in [2.75, 3.05) is 0 Å². The van der Waals surface area contributed by atoms with Gasteiger partial charge in [-0.3, -0.25) is 10.1 Å². The fourth-order valence-corrected chi connectivity index (χ4v) is 1.23. The van der Waals surface area contributed by atoms with Crippen LogP contribution in [0.3, 0.4) is 0 Å². The molecule has 13 heavy (non-hydrogen) atoms. The number of pyridine rings is 1. The van der Waals surface area contributed by atoms with Gasteiger partial charge in [0, 0.05) is 18.5 Å². The Hall–Kier alpha value is -1.91. The van der Waals surface area contributed by atoms with Gasteiger partial charge in [-0.25, -0.2) is 4.98 Å². The van der Waals surface area contributed by atoms with Crippen LogP contribution in [0.4, 0.5) is 5.69 Å². The maximum Gasteiger partial charge on any atom is 0.312 e. The third-order valence-corrected chi connectivity index (χ3v) is 1.74. The number of rotatable bonds is 1. The van der Waals surface area contributed by atoms with Gasteiger partial charge in [0.25, 0.3) is 0 Å². The molecule has 2 aromatic rings. The highest BCUT2D eigenvalue weighted by Crippen LogP contribution is 2.18. The standard InChI is InChI=1S/C8H6N3O2/c1-6-4-7(11(12)13)8-9-2-3-10(8)5-6/h3-5H,1H3. The third kappa shape index (κ3) is 1.14. The molecule has 0 aromatic carbocycles. The Morgan fingerprint density at radius 2 is 2.46 bits per heavy atom. The van der Waals surface area contributed by atoms with Gasteiger partial charge in [-0.15, -0.1) is 0 Å².